The second-order valence-corrected chi connectivity index (χ2v) is 4.87. The van der Waals surface area contributed by atoms with Crippen molar-refractivity contribution in [1.82, 2.24) is 5.32 Å². The Morgan fingerprint density at radius 2 is 1.88 bits per heavy atom. The third kappa shape index (κ3) is 4.77. The summed E-state index contributed by atoms with van der Waals surface area (Å²) in [4.78, 5) is 11.8. The van der Waals surface area contributed by atoms with Gasteiger partial charge < -0.3 is 10.1 Å². The molecule has 17 heavy (non-hydrogen) atoms. The normalized spacial score (nSPS) is 12.3. The molecule has 0 fully saturated rings. The molecular weight excluding hydrogens is 282 g/mol. The van der Waals surface area contributed by atoms with E-state index >= 15 is 0 Å². The molecule has 94 valence electrons. The van der Waals surface area contributed by atoms with E-state index in [2.05, 4.69) is 21.2 Å². The molecule has 0 heterocycles. The number of alkyl halides is 1. The Labute approximate surface area is 111 Å². The Bertz CT molecular complexity index is 362. The first kappa shape index (κ1) is 14.0. The number of carbonyl (C=O) groups is 1. The fourth-order valence-electron chi connectivity index (χ4n) is 1.30. The molecule has 0 aliphatic rings. The van der Waals surface area contributed by atoms with Gasteiger partial charge in [-0.3, -0.25) is 4.79 Å². The van der Waals surface area contributed by atoms with Gasteiger partial charge >= 0.3 is 0 Å². The summed E-state index contributed by atoms with van der Waals surface area (Å²) in [6, 6.07) is 7.29. The molecule has 0 spiro atoms. The van der Waals surface area contributed by atoms with Gasteiger partial charge in [-0.1, -0.05) is 15.9 Å². The van der Waals surface area contributed by atoms with Crippen LogP contribution < -0.4 is 10.1 Å². The van der Waals surface area contributed by atoms with E-state index < -0.39 is 0 Å². The molecule has 1 amide bonds. The van der Waals surface area contributed by atoms with Gasteiger partial charge in [0.1, 0.15) is 5.75 Å². The van der Waals surface area contributed by atoms with Crippen molar-refractivity contribution in [2.45, 2.75) is 32.9 Å². The van der Waals surface area contributed by atoms with Crippen molar-refractivity contribution in [1.29, 1.82) is 0 Å². The van der Waals surface area contributed by atoms with E-state index in [1.807, 2.05) is 32.9 Å². The molecule has 0 saturated carbocycles. The molecule has 0 aromatic heterocycles. The highest BCUT2D eigenvalue weighted by Gasteiger charge is 2.08. The molecule has 0 saturated heterocycles. The maximum atomic E-state index is 11.8. The molecule has 4 heteroatoms. The van der Waals surface area contributed by atoms with Crippen molar-refractivity contribution in [2.24, 2.45) is 0 Å². The van der Waals surface area contributed by atoms with Crippen LogP contribution in [0.4, 0.5) is 0 Å². The zero-order valence-corrected chi connectivity index (χ0v) is 12.0. The van der Waals surface area contributed by atoms with Crippen LogP contribution in [0.15, 0.2) is 24.3 Å². The van der Waals surface area contributed by atoms with Crippen molar-refractivity contribution >= 4 is 21.8 Å². The Morgan fingerprint density at radius 3 is 2.35 bits per heavy atom. The van der Waals surface area contributed by atoms with E-state index in [4.69, 9.17) is 4.74 Å². The van der Waals surface area contributed by atoms with Gasteiger partial charge in [-0.25, -0.2) is 0 Å². The summed E-state index contributed by atoms with van der Waals surface area (Å²) >= 11 is 3.32. The topological polar surface area (TPSA) is 38.3 Å². The highest BCUT2D eigenvalue weighted by atomic mass is 79.9. The van der Waals surface area contributed by atoms with E-state index in [1.165, 1.54) is 0 Å². The quantitative estimate of drug-likeness (QED) is 0.849. The summed E-state index contributed by atoms with van der Waals surface area (Å²) < 4.78 is 5.51. The summed E-state index contributed by atoms with van der Waals surface area (Å²) in [6.07, 6.45) is 0.142. The van der Waals surface area contributed by atoms with Crippen LogP contribution in [0.1, 0.15) is 31.1 Å². The van der Waals surface area contributed by atoms with Gasteiger partial charge in [0, 0.05) is 16.9 Å². The Balaban J connectivity index is 2.64. The van der Waals surface area contributed by atoms with Gasteiger partial charge in [0.2, 0.25) is 0 Å². The zero-order chi connectivity index (χ0) is 12.8. The van der Waals surface area contributed by atoms with Crippen LogP contribution in [0.25, 0.3) is 0 Å². The second kappa shape index (κ2) is 6.64. The smallest absolute Gasteiger partial charge is 0.251 e. The first-order valence-corrected chi connectivity index (χ1v) is 6.78. The van der Waals surface area contributed by atoms with Gasteiger partial charge in [-0.15, -0.1) is 0 Å². The predicted octanol–water partition coefficient (Wildman–Crippen LogP) is 2.99. The minimum atomic E-state index is -0.0620. The highest BCUT2D eigenvalue weighted by Crippen LogP contribution is 2.13. The average molecular weight is 300 g/mol. The van der Waals surface area contributed by atoms with Crippen molar-refractivity contribution in [3.05, 3.63) is 29.8 Å². The number of rotatable bonds is 5. The SMILES string of the molecule is CC(CBr)NC(=O)c1ccc(OC(C)C)cc1. The fourth-order valence-corrected chi connectivity index (χ4v) is 1.46. The summed E-state index contributed by atoms with van der Waals surface area (Å²) in [6.45, 7) is 5.89. The molecule has 0 bridgehead atoms. The van der Waals surface area contributed by atoms with E-state index in [-0.39, 0.29) is 18.1 Å². The zero-order valence-electron chi connectivity index (χ0n) is 10.4. The molecule has 0 aliphatic carbocycles. The standard InChI is InChI=1S/C13H18BrNO2/c1-9(2)17-12-6-4-11(5-7-12)13(16)15-10(3)8-14/h4-7,9-10H,8H2,1-3H3,(H,15,16). The van der Waals surface area contributed by atoms with Gasteiger partial charge in [0.15, 0.2) is 0 Å². The first-order valence-electron chi connectivity index (χ1n) is 5.66. The number of benzene rings is 1. The number of hydrogen-bond donors (Lipinski definition) is 1. The molecular formula is C13H18BrNO2. The van der Waals surface area contributed by atoms with E-state index in [1.54, 1.807) is 12.1 Å². The van der Waals surface area contributed by atoms with E-state index in [0.717, 1.165) is 11.1 Å². The average Bonchev–Trinajstić information content (AvgIpc) is 2.28. The Hall–Kier alpha value is -1.03. The van der Waals surface area contributed by atoms with Gasteiger partial charge in [0.25, 0.3) is 5.91 Å². The third-order valence-electron chi connectivity index (χ3n) is 2.10. The lowest BCUT2D eigenvalue weighted by atomic mass is 10.2. The van der Waals surface area contributed by atoms with Crippen LogP contribution in [0.5, 0.6) is 5.75 Å². The molecule has 1 unspecified atom stereocenters. The number of ether oxygens (including phenoxy) is 1. The number of halogens is 1. The minimum absolute atomic E-state index is 0.0620. The lowest BCUT2D eigenvalue weighted by Gasteiger charge is -2.12. The van der Waals surface area contributed by atoms with Crippen LogP contribution in [0.2, 0.25) is 0 Å². The van der Waals surface area contributed by atoms with Crippen LogP contribution in [-0.4, -0.2) is 23.4 Å². The molecule has 1 atom stereocenters. The lowest BCUT2D eigenvalue weighted by molar-refractivity contribution is 0.0944. The maximum Gasteiger partial charge on any atom is 0.251 e. The van der Waals surface area contributed by atoms with Crippen molar-refractivity contribution in [3.8, 4) is 5.75 Å². The van der Waals surface area contributed by atoms with E-state index in [9.17, 15) is 4.79 Å². The van der Waals surface area contributed by atoms with E-state index in [0.29, 0.717) is 5.56 Å². The van der Waals surface area contributed by atoms with Crippen LogP contribution in [0.3, 0.4) is 0 Å². The highest BCUT2D eigenvalue weighted by molar-refractivity contribution is 9.09. The summed E-state index contributed by atoms with van der Waals surface area (Å²) in [5, 5.41) is 3.62. The molecule has 1 aromatic carbocycles. The Kier molecular flexibility index (Phi) is 5.48. The van der Waals surface area contributed by atoms with Gasteiger partial charge in [0.05, 0.1) is 6.10 Å². The summed E-state index contributed by atoms with van der Waals surface area (Å²) in [5.74, 6) is 0.720. The predicted molar refractivity (Wildman–Crippen MR) is 72.9 cm³/mol. The molecule has 0 aliphatic heterocycles. The number of nitrogens with one attached hydrogen (secondary N) is 1. The van der Waals surface area contributed by atoms with Crippen LogP contribution in [-0.2, 0) is 0 Å². The molecule has 0 radical (unpaired) electrons. The molecule has 1 N–H and O–H groups in total. The molecule has 1 aromatic rings. The lowest BCUT2D eigenvalue weighted by Crippen LogP contribution is -2.33. The Morgan fingerprint density at radius 1 is 1.29 bits per heavy atom. The fraction of sp³-hybridized carbons (Fsp3) is 0.462. The van der Waals surface area contributed by atoms with Crippen molar-refractivity contribution in [2.75, 3.05) is 5.33 Å². The summed E-state index contributed by atoms with van der Waals surface area (Å²) in [5.41, 5.74) is 0.647. The number of carbonyl (C=O) groups excluding carboxylic acids is 1. The van der Waals surface area contributed by atoms with Gasteiger partial charge in [-0.05, 0) is 45.0 Å². The third-order valence-corrected chi connectivity index (χ3v) is 3.07. The molecule has 1 rings (SSSR count). The monoisotopic (exact) mass is 299 g/mol. The second-order valence-electron chi connectivity index (χ2n) is 4.22. The number of amides is 1. The number of hydrogen-bond acceptors (Lipinski definition) is 2. The van der Waals surface area contributed by atoms with Gasteiger partial charge in [-0.2, -0.15) is 0 Å². The molecule has 3 nitrogen and oxygen atoms in total. The first-order chi connectivity index (χ1) is 8.02. The largest absolute Gasteiger partial charge is 0.491 e. The summed E-state index contributed by atoms with van der Waals surface area (Å²) in [7, 11) is 0. The minimum Gasteiger partial charge on any atom is -0.491 e. The van der Waals surface area contributed by atoms with Crippen LogP contribution in [0, 0.1) is 0 Å². The van der Waals surface area contributed by atoms with Crippen LogP contribution >= 0.6 is 15.9 Å². The maximum absolute atomic E-state index is 11.8. The van der Waals surface area contributed by atoms with Crippen molar-refractivity contribution < 1.29 is 9.53 Å². The van der Waals surface area contributed by atoms with Crippen molar-refractivity contribution in [3.63, 3.8) is 0 Å².